The summed E-state index contributed by atoms with van der Waals surface area (Å²) in [5.74, 6) is 0.844. The first-order chi connectivity index (χ1) is 14.4. The number of ether oxygens (including phenoxy) is 2. The van der Waals surface area contributed by atoms with Crippen molar-refractivity contribution in [3.8, 4) is 11.5 Å². The zero-order valence-corrected chi connectivity index (χ0v) is 18.3. The molecule has 0 saturated carbocycles. The normalized spacial score (nSPS) is 10.7. The van der Waals surface area contributed by atoms with Crippen LogP contribution >= 0.6 is 0 Å². The summed E-state index contributed by atoms with van der Waals surface area (Å²) in [6, 6.07) is 10.2. The zero-order chi connectivity index (χ0) is 21.9. The molecule has 7 nitrogen and oxygen atoms in total. The van der Waals surface area contributed by atoms with Crippen molar-refractivity contribution >= 4 is 11.9 Å². The van der Waals surface area contributed by atoms with E-state index in [1.54, 1.807) is 49.7 Å². The van der Waals surface area contributed by atoms with Gasteiger partial charge in [-0.2, -0.15) is 0 Å². The molecular weight excluding hydrogens is 382 g/mol. The number of aromatic nitrogens is 1. The van der Waals surface area contributed by atoms with E-state index in [4.69, 9.17) is 9.47 Å². The van der Waals surface area contributed by atoms with Gasteiger partial charge in [0.1, 0.15) is 11.5 Å². The number of carbonyl (C=O) groups excluding carboxylic acids is 2. The van der Waals surface area contributed by atoms with E-state index in [0.29, 0.717) is 42.9 Å². The first-order valence-corrected chi connectivity index (χ1v) is 10.2. The highest BCUT2D eigenvalue weighted by Crippen LogP contribution is 2.18. The third kappa shape index (κ3) is 7.48. The number of esters is 1. The van der Waals surface area contributed by atoms with Crippen LogP contribution in [0.3, 0.4) is 0 Å². The van der Waals surface area contributed by atoms with Crippen LogP contribution in [0.1, 0.15) is 35.8 Å². The third-order valence-corrected chi connectivity index (χ3v) is 4.70. The van der Waals surface area contributed by atoms with E-state index in [2.05, 4.69) is 9.88 Å². The number of benzene rings is 1. The van der Waals surface area contributed by atoms with E-state index >= 15 is 0 Å². The van der Waals surface area contributed by atoms with Crippen molar-refractivity contribution in [3.05, 3.63) is 53.9 Å². The van der Waals surface area contributed by atoms with Crippen molar-refractivity contribution in [1.82, 2.24) is 14.8 Å². The van der Waals surface area contributed by atoms with Crippen LogP contribution in [-0.2, 0) is 11.2 Å². The molecule has 2 aromatic rings. The first kappa shape index (κ1) is 23.3. The molecule has 0 aliphatic carbocycles. The fourth-order valence-electron chi connectivity index (χ4n) is 2.91. The van der Waals surface area contributed by atoms with E-state index in [1.165, 1.54) is 0 Å². The Morgan fingerprint density at radius 2 is 1.73 bits per heavy atom. The van der Waals surface area contributed by atoms with Gasteiger partial charge in [-0.15, -0.1) is 0 Å². The average molecular weight is 414 g/mol. The Morgan fingerprint density at radius 1 is 1.03 bits per heavy atom. The largest absolute Gasteiger partial charge is 0.497 e. The van der Waals surface area contributed by atoms with Crippen LogP contribution in [0.5, 0.6) is 11.5 Å². The Hall–Kier alpha value is -2.93. The molecule has 0 aliphatic heterocycles. The summed E-state index contributed by atoms with van der Waals surface area (Å²) in [5, 5.41) is 0. The standard InChI is InChI=1S/C23H31N3O4/c1-5-26(16-15-25(2)3)22(27)8-6-7-19-17-18(13-14-24-19)23(28)30-21-11-9-20(29-4)10-12-21/h9-14,17H,5-8,15-16H2,1-4H3. The van der Waals surface area contributed by atoms with Crippen molar-refractivity contribution in [2.75, 3.05) is 40.8 Å². The van der Waals surface area contributed by atoms with Gasteiger partial charge in [-0.1, -0.05) is 0 Å². The van der Waals surface area contributed by atoms with Crippen LogP contribution in [0.4, 0.5) is 0 Å². The minimum absolute atomic E-state index is 0.148. The predicted molar refractivity (Wildman–Crippen MR) is 116 cm³/mol. The number of aryl methyl sites for hydroxylation is 1. The van der Waals surface area contributed by atoms with E-state index < -0.39 is 5.97 Å². The lowest BCUT2D eigenvalue weighted by atomic mass is 10.1. The molecule has 0 radical (unpaired) electrons. The number of amides is 1. The maximum absolute atomic E-state index is 12.4. The number of hydrogen-bond donors (Lipinski definition) is 0. The topological polar surface area (TPSA) is 72.0 Å². The molecule has 7 heteroatoms. The monoisotopic (exact) mass is 413 g/mol. The summed E-state index contributed by atoms with van der Waals surface area (Å²) in [7, 11) is 5.57. The van der Waals surface area contributed by atoms with Gasteiger partial charge in [-0.25, -0.2) is 4.79 Å². The van der Waals surface area contributed by atoms with Crippen molar-refractivity contribution in [2.45, 2.75) is 26.2 Å². The van der Waals surface area contributed by atoms with Gasteiger partial charge in [0.05, 0.1) is 12.7 Å². The summed E-state index contributed by atoms with van der Waals surface area (Å²) < 4.78 is 10.5. The highest BCUT2D eigenvalue weighted by Gasteiger charge is 2.13. The summed E-state index contributed by atoms with van der Waals surface area (Å²) in [6.45, 7) is 4.28. The van der Waals surface area contributed by atoms with Gasteiger partial charge in [0, 0.05) is 37.9 Å². The number of likely N-dealkylation sites (N-methyl/N-ethyl adjacent to an activating group) is 2. The fourth-order valence-corrected chi connectivity index (χ4v) is 2.91. The van der Waals surface area contributed by atoms with Crippen molar-refractivity contribution in [2.24, 2.45) is 0 Å². The van der Waals surface area contributed by atoms with Crippen molar-refractivity contribution in [3.63, 3.8) is 0 Å². The molecule has 1 heterocycles. The summed E-state index contributed by atoms with van der Waals surface area (Å²) in [4.78, 5) is 33.1. The molecule has 162 valence electrons. The molecule has 0 saturated heterocycles. The van der Waals surface area contributed by atoms with E-state index in [1.807, 2.05) is 25.9 Å². The zero-order valence-electron chi connectivity index (χ0n) is 18.3. The predicted octanol–water partition coefficient (Wildman–Crippen LogP) is 3.04. The Labute approximate surface area is 178 Å². The second kappa shape index (κ2) is 11.9. The van der Waals surface area contributed by atoms with Crippen LogP contribution < -0.4 is 9.47 Å². The molecule has 0 unspecified atom stereocenters. The van der Waals surface area contributed by atoms with Gasteiger partial charge >= 0.3 is 5.97 Å². The summed E-state index contributed by atoms with van der Waals surface area (Å²) in [6.07, 6.45) is 3.36. The molecule has 1 aromatic carbocycles. The van der Waals surface area contributed by atoms with Gasteiger partial charge < -0.3 is 19.3 Å². The molecule has 30 heavy (non-hydrogen) atoms. The van der Waals surface area contributed by atoms with Crippen LogP contribution in [0, 0.1) is 0 Å². The Morgan fingerprint density at radius 3 is 2.37 bits per heavy atom. The van der Waals surface area contributed by atoms with Gasteiger partial charge in [0.15, 0.2) is 0 Å². The number of pyridine rings is 1. The number of rotatable bonds is 11. The smallest absolute Gasteiger partial charge is 0.343 e. The minimum atomic E-state index is -0.444. The Bertz CT molecular complexity index is 821. The number of nitrogens with zero attached hydrogens (tertiary/aromatic N) is 3. The Balaban J connectivity index is 1.87. The van der Waals surface area contributed by atoms with E-state index in [-0.39, 0.29) is 5.91 Å². The lowest BCUT2D eigenvalue weighted by Gasteiger charge is -2.22. The molecular formula is C23H31N3O4. The lowest BCUT2D eigenvalue weighted by Crippen LogP contribution is -2.36. The maximum Gasteiger partial charge on any atom is 0.343 e. The fraction of sp³-hybridized carbons (Fsp3) is 0.435. The second-order valence-electron chi connectivity index (χ2n) is 7.23. The molecule has 0 fully saturated rings. The molecule has 0 spiro atoms. The van der Waals surface area contributed by atoms with Gasteiger partial charge in [0.2, 0.25) is 5.91 Å². The number of carbonyl (C=O) groups is 2. The molecule has 0 atom stereocenters. The van der Waals surface area contributed by atoms with Crippen LogP contribution in [0.15, 0.2) is 42.6 Å². The van der Waals surface area contributed by atoms with Crippen LogP contribution in [0.25, 0.3) is 0 Å². The van der Waals surface area contributed by atoms with Gasteiger partial charge in [0.25, 0.3) is 0 Å². The SMILES string of the molecule is CCN(CCN(C)C)C(=O)CCCc1cc(C(=O)Oc2ccc(OC)cc2)ccn1. The maximum atomic E-state index is 12.4. The molecule has 0 bridgehead atoms. The van der Waals surface area contributed by atoms with E-state index in [0.717, 1.165) is 18.8 Å². The highest BCUT2D eigenvalue weighted by molar-refractivity contribution is 5.91. The summed E-state index contributed by atoms with van der Waals surface area (Å²) in [5.41, 5.74) is 1.20. The van der Waals surface area contributed by atoms with Crippen molar-refractivity contribution in [1.29, 1.82) is 0 Å². The van der Waals surface area contributed by atoms with Crippen LogP contribution in [0.2, 0.25) is 0 Å². The third-order valence-electron chi connectivity index (χ3n) is 4.70. The second-order valence-corrected chi connectivity index (χ2v) is 7.23. The number of hydrogen-bond acceptors (Lipinski definition) is 6. The molecule has 2 rings (SSSR count). The summed E-state index contributed by atoms with van der Waals surface area (Å²) >= 11 is 0. The molecule has 0 aliphatic rings. The van der Waals surface area contributed by atoms with E-state index in [9.17, 15) is 9.59 Å². The van der Waals surface area contributed by atoms with Gasteiger partial charge in [-0.3, -0.25) is 9.78 Å². The average Bonchev–Trinajstić information content (AvgIpc) is 2.74. The van der Waals surface area contributed by atoms with Crippen LogP contribution in [-0.4, -0.2) is 67.5 Å². The Kier molecular flexibility index (Phi) is 9.28. The van der Waals surface area contributed by atoms with Gasteiger partial charge in [-0.05, 0) is 70.3 Å². The van der Waals surface area contributed by atoms with Crippen molar-refractivity contribution < 1.29 is 19.1 Å². The molecule has 1 aromatic heterocycles. The first-order valence-electron chi connectivity index (χ1n) is 10.2. The lowest BCUT2D eigenvalue weighted by molar-refractivity contribution is -0.131. The number of methoxy groups -OCH3 is 1. The minimum Gasteiger partial charge on any atom is -0.497 e. The quantitative estimate of drug-likeness (QED) is 0.417. The molecule has 1 amide bonds. The molecule has 0 N–H and O–H groups in total. The highest BCUT2D eigenvalue weighted by atomic mass is 16.5.